The summed E-state index contributed by atoms with van der Waals surface area (Å²) in [6, 6.07) is 4.49. The molecule has 1 aliphatic heterocycles. The number of nitrogens with zero attached hydrogens (tertiary/aromatic N) is 2. The Balaban J connectivity index is 1.67. The monoisotopic (exact) mass is 367 g/mol. The molecule has 0 saturated carbocycles. The highest BCUT2D eigenvalue weighted by molar-refractivity contribution is 7.89. The Morgan fingerprint density at radius 2 is 2.08 bits per heavy atom. The molecule has 0 spiro atoms. The molecule has 1 N–H and O–H groups in total. The van der Waals surface area contributed by atoms with Crippen LogP contribution >= 0.6 is 0 Å². The van der Waals surface area contributed by atoms with Crippen molar-refractivity contribution in [1.29, 1.82) is 0 Å². The lowest BCUT2D eigenvalue weighted by Crippen LogP contribution is -2.28. The zero-order chi connectivity index (χ0) is 17.9. The predicted octanol–water partition coefficient (Wildman–Crippen LogP) is 0.951. The van der Waals surface area contributed by atoms with Crippen molar-refractivity contribution in [2.75, 3.05) is 27.4 Å². The van der Waals surface area contributed by atoms with E-state index in [1.807, 2.05) is 4.68 Å². The Kier molecular flexibility index (Phi) is 5.26. The SMILES string of the molecule is COc1ccc(S(=O)(=O)NCCn2ncc3c2CCOC3)cc1OC. The van der Waals surface area contributed by atoms with Crippen LogP contribution in [0.25, 0.3) is 0 Å². The standard InChI is InChI=1S/C16H21N3O5S/c1-22-15-4-3-13(9-16(15)23-2)25(20,21)18-6-7-19-14-5-8-24-11-12(14)10-17-19/h3-4,9-10,18H,5-8,11H2,1-2H3. The van der Waals surface area contributed by atoms with Gasteiger partial charge in [-0.05, 0) is 12.1 Å². The van der Waals surface area contributed by atoms with Crippen LogP contribution in [0.2, 0.25) is 0 Å². The van der Waals surface area contributed by atoms with E-state index in [1.165, 1.54) is 26.4 Å². The van der Waals surface area contributed by atoms with Gasteiger partial charge in [0.2, 0.25) is 10.0 Å². The van der Waals surface area contributed by atoms with Gasteiger partial charge in [-0.25, -0.2) is 13.1 Å². The Bertz CT molecular complexity index is 847. The number of rotatable bonds is 7. The van der Waals surface area contributed by atoms with E-state index in [0.717, 1.165) is 17.7 Å². The molecular formula is C16H21N3O5S. The van der Waals surface area contributed by atoms with E-state index in [4.69, 9.17) is 14.2 Å². The number of benzene rings is 1. The summed E-state index contributed by atoms with van der Waals surface area (Å²) in [6.07, 6.45) is 2.56. The Morgan fingerprint density at radius 1 is 1.28 bits per heavy atom. The van der Waals surface area contributed by atoms with Crippen LogP contribution in [-0.4, -0.2) is 45.6 Å². The summed E-state index contributed by atoms with van der Waals surface area (Å²) in [5, 5.41) is 4.31. The van der Waals surface area contributed by atoms with Gasteiger partial charge in [0.05, 0.1) is 45.1 Å². The van der Waals surface area contributed by atoms with Gasteiger partial charge in [-0.2, -0.15) is 5.10 Å². The minimum atomic E-state index is -3.64. The van der Waals surface area contributed by atoms with Crippen LogP contribution < -0.4 is 14.2 Å². The van der Waals surface area contributed by atoms with E-state index in [0.29, 0.717) is 31.3 Å². The lowest BCUT2D eigenvalue weighted by molar-refractivity contribution is 0.109. The maximum absolute atomic E-state index is 12.5. The number of methoxy groups -OCH3 is 2. The smallest absolute Gasteiger partial charge is 0.240 e. The van der Waals surface area contributed by atoms with Crippen molar-refractivity contribution in [1.82, 2.24) is 14.5 Å². The average molecular weight is 367 g/mol. The molecule has 0 bridgehead atoms. The van der Waals surface area contributed by atoms with E-state index >= 15 is 0 Å². The third kappa shape index (κ3) is 3.78. The van der Waals surface area contributed by atoms with Crippen LogP contribution in [0, 0.1) is 0 Å². The summed E-state index contributed by atoms with van der Waals surface area (Å²) < 4.78 is 45.0. The minimum Gasteiger partial charge on any atom is -0.493 e. The van der Waals surface area contributed by atoms with Gasteiger partial charge in [-0.1, -0.05) is 0 Å². The van der Waals surface area contributed by atoms with E-state index < -0.39 is 10.0 Å². The third-order valence-corrected chi connectivity index (χ3v) is 5.52. The lowest BCUT2D eigenvalue weighted by atomic mass is 10.2. The van der Waals surface area contributed by atoms with E-state index in [9.17, 15) is 8.42 Å². The minimum absolute atomic E-state index is 0.126. The third-order valence-electron chi connectivity index (χ3n) is 4.06. The maximum Gasteiger partial charge on any atom is 0.240 e. The fourth-order valence-corrected chi connectivity index (χ4v) is 3.79. The zero-order valence-electron chi connectivity index (χ0n) is 14.2. The Morgan fingerprint density at radius 3 is 2.84 bits per heavy atom. The molecule has 2 aromatic rings. The van der Waals surface area contributed by atoms with Gasteiger partial charge >= 0.3 is 0 Å². The molecule has 0 fully saturated rings. The van der Waals surface area contributed by atoms with Crippen molar-refractivity contribution in [3.8, 4) is 11.5 Å². The highest BCUT2D eigenvalue weighted by Crippen LogP contribution is 2.29. The summed E-state index contributed by atoms with van der Waals surface area (Å²) in [5.74, 6) is 0.846. The van der Waals surface area contributed by atoms with Crippen molar-refractivity contribution in [2.24, 2.45) is 0 Å². The largest absolute Gasteiger partial charge is 0.493 e. The topological polar surface area (TPSA) is 91.7 Å². The van der Waals surface area contributed by atoms with Gasteiger partial charge in [0.25, 0.3) is 0 Å². The molecule has 8 nitrogen and oxygen atoms in total. The molecule has 0 saturated heterocycles. The first-order valence-electron chi connectivity index (χ1n) is 7.88. The summed E-state index contributed by atoms with van der Waals surface area (Å²) >= 11 is 0. The van der Waals surface area contributed by atoms with Crippen molar-refractivity contribution in [2.45, 2.75) is 24.5 Å². The Labute approximate surface area is 146 Å². The molecule has 0 radical (unpaired) electrons. The number of hydrogen-bond donors (Lipinski definition) is 1. The van der Waals surface area contributed by atoms with Gasteiger partial charge < -0.3 is 14.2 Å². The molecule has 0 atom stereocenters. The van der Waals surface area contributed by atoms with Crippen molar-refractivity contribution in [3.63, 3.8) is 0 Å². The molecule has 0 unspecified atom stereocenters. The summed E-state index contributed by atoms with van der Waals surface area (Å²) in [7, 11) is -0.679. The van der Waals surface area contributed by atoms with Crippen LogP contribution in [-0.2, 0) is 34.3 Å². The molecule has 1 aliphatic rings. The number of aromatic nitrogens is 2. The van der Waals surface area contributed by atoms with Gasteiger partial charge in [-0.15, -0.1) is 0 Å². The normalized spacial score (nSPS) is 14.2. The fraction of sp³-hybridized carbons (Fsp3) is 0.438. The number of ether oxygens (including phenoxy) is 3. The molecule has 3 rings (SSSR count). The summed E-state index contributed by atoms with van der Waals surface area (Å²) in [5.41, 5.74) is 2.17. The van der Waals surface area contributed by atoms with Crippen molar-refractivity contribution < 1.29 is 22.6 Å². The zero-order valence-corrected chi connectivity index (χ0v) is 15.0. The molecule has 2 heterocycles. The van der Waals surface area contributed by atoms with E-state index in [1.54, 1.807) is 12.3 Å². The van der Waals surface area contributed by atoms with Gasteiger partial charge in [-0.3, -0.25) is 4.68 Å². The number of hydrogen-bond acceptors (Lipinski definition) is 6. The first-order valence-corrected chi connectivity index (χ1v) is 9.36. The maximum atomic E-state index is 12.5. The number of fused-ring (bicyclic) bond motifs is 1. The average Bonchev–Trinajstić information content (AvgIpc) is 3.04. The van der Waals surface area contributed by atoms with Gasteiger partial charge in [0, 0.05) is 30.3 Å². The fourth-order valence-electron chi connectivity index (χ4n) is 2.76. The molecule has 0 aliphatic carbocycles. The second-order valence-electron chi connectivity index (χ2n) is 5.56. The van der Waals surface area contributed by atoms with Gasteiger partial charge in [0.15, 0.2) is 11.5 Å². The van der Waals surface area contributed by atoms with Crippen LogP contribution in [0.3, 0.4) is 0 Å². The molecule has 136 valence electrons. The highest BCUT2D eigenvalue weighted by atomic mass is 32.2. The van der Waals surface area contributed by atoms with E-state index in [2.05, 4.69) is 9.82 Å². The molecule has 1 aromatic carbocycles. The number of sulfonamides is 1. The summed E-state index contributed by atoms with van der Waals surface area (Å²) in [6.45, 7) is 1.93. The molecule has 25 heavy (non-hydrogen) atoms. The predicted molar refractivity (Wildman–Crippen MR) is 90.3 cm³/mol. The van der Waals surface area contributed by atoms with Crippen LogP contribution in [0.1, 0.15) is 11.3 Å². The second-order valence-corrected chi connectivity index (χ2v) is 7.32. The molecule has 1 aromatic heterocycles. The first kappa shape index (κ1) is 17.7. The highest BCUT2D eigenvalue weighted by Gasteiger charge is 2.18. The van der Waals surface area contributed by atoms with Crippen molar-refractivity contribution >= 4 is 10.0 Å². The van der Waals surface area contributed by atoms with Crippen LogP contribution in [0.4, 0.5) is 0 Å². The van der Waals surface area contributed by atoms with Gasteiger partial charge in [0.1, 0.15) is 0 Å². The quantitative estimate of drug-likeness (QED) is 0.783. The van der Waals surface area contributed by atoms with Crippen molar-refractivity contribution in [3.05, 3.63) is 35.7 Å². The number of nitrogens with one attached hydrogen (secondary N) is 1. The first-order chi connectivity index (χ1) is 12.0. The van der Waals surface area contributed by atoms with Crippen LogP contribution in [0.5, 0.6) is 11.5 Å². The Hall–Kier alpha value is -2.10. The second kappa shape index (κ2) is 7.42. The molecule has 9 heteroatoms. The lowest BCUT2D eigenvalue weighted by Gasteiger charge is -2.15. The van der Waals surface area contributed by atoms with E-state index in [-0.39, 0.29) is 11.4 Å². The van der Waals surface area contributed by atoms with Crippen LogP contribution in [0.15, 0.2) is 29.3 Å². The molecule has 0 amide bonds. The molecular weight excluding hydrogens is 346 g/mol. The summed E-state index contributed by atoms with van der Waals surface area (Å²) in [4.78, 5) is 0.126.